The second kappa shape index (κ2) is 6.96. The van der Waals surface area contributed by atoms with Crippen LogP contribution in [0.2, 0.25) is 10.0 Å². The van der Waals surface area contributed by atoms with E-state index in [4.69, 9.17) is 23.2 Å². The molecule has 6 heteroatoms. The van der Waals surface area contributed by atoms with Gasteiger partial charge in [0.05, 0.1) is 10.0 Å². The van der Waals surface area contributed by atoms with E-state index < -0.39 is 5.91 Å². The van der Waals surface area contributed by atoms with Gasteiger partial charge in [-0.1, -0.05) is 41.4 Å². The molecule has 0 aromatic heterocycles. The number of fused-ring (bicyclic) bond motifs is 1. The molecule has 1 aliphatic heterocycles. The van der Waals surface area contributed by atoms with E-state index in [1.54, 1.807) is 24.4 Å². The number of carbonyl (C=O) groups is 1. The van der Waals surface area contributed by atoms with Gasteiger partial charge in [-0.05, 0) is 36.2 Å². The lowest BCUT2D eigenvalue weighted by atomic mass is 10.2. The molecule has 3 rings (SSSR count). The zero-order valence-corrected chi connectivity index (χ0v) is 14.1. The summed E-state index contributed by atoms with van der Waals surface area (Å²) in [5, 5.41) is 12.7. The standard InChI is InChI=1S/C18H13Cl2N3O/c19-15-6-5-14(9-16(15)20)22-18(24)13(10-21)11-23-8-7-12-3-1-2-4-17(12)23/h1-6,9,11H,7-8H2,(H,22,24)/b13-11-. The Morgan fingerprint density at radius 1 is 1.21 bits per heavy atom. The van der Waals surface area contributed by atoms with Crippen LogP contribution in [0.25, 0.3) is 0 Å². The van der Waals surface area contributed by atoms with Gasteiger partial charge in [-0.25, -0.2) is 0 Å². The lowest BCUT2D eigenvalue weighted by Gasteiger charge is -2.14. The van der Waals surface area contributed by atoms with Gasteiger partial charge in [0.15, 0.2) is 0 Å². The Morgan fingerprint density at radius 3 is 2.75 bits per heavy atom. The maximum absolute atomic E-state index is 12.3. The molecule has 2 aromatic rings. The number of hydrogen-bond acceptors (Lipinski definition) is 3. The highest BCUT2D eigenvalue weighted by Crippen LogP contribution is 2.28. The molecule has 1 N–H and O–H groups in total. The Bertz CT molecular complexity index is 871. The second-order valence-electron chi connectivity index (χ2n) is 5.31. The maximum atomic E-state index is 12.3. The molecule has 1 aliphatic rings. The minimum atomic E-state index is -0.486. The van der Waals surface area contributed by atoms with E-state index in [-0.39, 0.29) is 5.57 Å². The van der Waals surface area contributed by atoms with Crippen molar-refractivity contribution in [3.63, 3.8) is 0 Å². The third kappa shape index (κ3) is 3.38. The van der Waals surface area contributed by atoms with Crippen molar-refractivity contribution in [1.82, 2.24) is 0 Å². The third-order valence-electron chi connectivity index (χ3n) is 3.75. The third-order valence-corrected chi connectivity index (χ3v) is 4.49. The molecule has 0 aliphatic carbocycles. The molecule has 120 valence electrons. The number of nitrogens with zero attached hydrogens (tertiary/aromatic N) is 2. The number of hydrogen-bond donors (Lipinski definition) is 1. The van der Waals surface area contributed by atoms with E-state index in [1.165, 1.54) is 5.56 Å². The predicted molar refractivity (Wildman–Crippen MR) is 96.3 cm³/mol. The number of nitriles is 1. The van der Waals surface area contributed by atoms with E-state index in [0.29, 0.717) is 15.7 Å². The van der Waals surface area contributed by atoms with Crippen molar-refractivity contribution in [2.45, 2.75) is 6.42 Å². The molecule has 1 heterocycles. The quantitative estimate of drug-likeness (QED) is 0.654. The van der Waals surface area contributed by atoms with E-state index >= 15 is 0 Å². The first-order valence-corrected chi connectivity index (χ1v) is 8.07. The van der Waals surface area contributed by atoms with Crippen LogP contribution < -0.4 is 10.2 Å². The summed E-state index contributed by atoms with van der Waals surface area (Å²) in [6.07, 6.45) is 2.47. The molecule has 4 nitrogen and oxygen atoms in total. The molecule has 0 atom stereocenters. The fourth-order valence-corrected chi connectivity index (χ4v) is 2.86. The number of amides is 1. The number of nitrogens with one attached hydrogen (secondary N) is 1. The Balaban J connectivity index is 1.80. The van der Waals surface area contributed by atoms with Crippen LogP contribution in [0.5, 0.6) is 0 Å². The molecule has 0 saturated carbocycles. The van der Waals surface area contributed by atoms with Crippen LogP contribution >= 0.6 is 23.2 Å². The number of benzene rings is 2. The van der Waals surface area contributed by atoms with Gasteiger partial charge in [-0.2, -0.15) is 5.26 Å². The van der Waals surface area contributed by atoms with Gasteiger partial charge in [0.1, 0.15) is 11.6 Å². The molecule has 1 amide bonds. The lowest BCUT2D eigenvalue weighted by Crippen LogP contribution is -2.19. The SMILES string of the molecule is N#C/C(=C/N1CCc2ccccc21)C(=O)Nc1ccc(Cl)c(Cl)c1. The molecule has 2 aromatic carbocycles. The van der Waals surface area contributed by atoms with Crippen LogP contribution in [-0.2, 0) is 11.2 Å². The summed E-state index contributed by atoms with van der Waals surface area (Å²) in [6.45, 7) is 0.741. The van der Waals surface area contributed by atoms with Gasteiger partial charge in [-0.15, -0.1) is 0 Å². The van der Waals surface area contributed by atoms with Crippen molar-refractivity contribution in [1.29, 1.82) is 5.26 Å². The number of carbonyl (C=O) groups excluding carboxylic acids is 1. The van der Waals surface area contributed by atoms with Gasteiger partial charge in [0.25, 0.3) is 5.91 Å². The molecule has 0 fully saturated rings. The minimum Gasteiger partial charge on any atom is -0.346 e. The van der Waals surface area contributed by atoms with Gasteiger partial charge >= 0.3 is 0 Å². The van der Waals surface area contributed by atoms with E-state index in [1.807, 2.05) is 35.2 Å². The van der Waals surface area contributed by atoms with Crippen molar-refractivity contribution in [3.8, 4) is 6.07 Å². The Morgan fingerprint density at radius 2 is 2.00 bits per heavy atom. The van der Waals surface area contributed by atoms with Crippen molar-refractivity contribution in [2.75, 3.05) is 16.8 Å². The first kappa shape index (κ1) is 16.4. The Hall–Kier alpha value is -2.48. The van der Waals surface area contributed by atoms with Crippen LogP contribution in [0.15, 0.2) is 54.2 Å². The van der Waals surface area contributed by atoms with Crippen LogP contribution in [-0.4, -0.2) is 12.5 Å². The minimum absolute atomic E-state index is 0.0257. The fourth-order valence-electron chi connectivity index (χ4n) is 2.56. The number of rotatable bonds is 3. The molecule has 0 bridgehead atoms. The zero-order chi connectivity index (χ0) is 17.1. The summed E-state index contributed by atoms with van der Waals surface area (Å²) in [6, 6.07) is 14.7. The highest BCUT2D eigenvalue weighted by Gasteiger charge is 2.19. The van der Waals surface area contributed by atoms with Crippen LogP contribution in [0, 0.1) is 11.3 Å². The summed E-state index contributed by atoms with van der Waals surface area (Å²) in [5.74, 6) is -0.486. The first-order valence-electron chi connectivity index (χ1n) is 7.31. The Kier molecular flexibility index (Phi) is 4.75. The second-order valence-corrected chi connectivity index (χ2v) is 6.12. The van der Waals surface area contributed by atoms with Crippen molar-refractivity contribution >= 4 is 40.5 Å². The molecule has 24 heavy (non-hydrogen) atoms. The summed E-state index contributed by atoms with van der Waals surface area (Å²) in [7, 11) is 0. The van der Waals surface area contributed by atoms with Gasteiger partial charge in [0, 0.05) is 24.1 Å². The Labute approximate surface area is 149 Å². The van der Waals surface area contributed by atoms with Crippen molar-refractivity contribution < 1.29 is 4.79 Å². The van der Waals surface area contributed by atoms with E-state index in [0.717, 1.165) is 18.7 Å². The van der Waals surface area contributed by atoms with Crippen LogP contribution in [0.3, 0.4) is 0 Å². The molecular formula is C18H13Cl2N3O. The van der Waals surface area contributed by atoms with E-state index in [9.17, 15) is 10.1 Å². The largest absolute Gasteiger partial charge is 0.346 e. The fraction of sp³-hybridized carbons (Fsp3) is 0.111. The van der Waals surface area contributed by atoms with E-state index in [2.05, 4.69) is 5.32 Å². The number of anilines is 2. The monoisotopic (exact) mass is 357 g/mol. The number of halogens is 2. The predicted octanol–water partition coefficient (Wildman–Crippen LogP) is 4.40. The summed E-state index contributed by atoms with van der Waals surface area (Å²) in [5.41, 5.74) is 2.73. The summed E-state index contributed by atoms with van der Waals surface area (Å²) >= 11 is 11.8. The normalized spacial score (nSPS) is 13.4. The average Bonchev–Trinajstić information content (AvgIpc) is 2.99. The number of para-hydroxylation sites is 1. The summed E-state index contributed by atoms with van der Waals surface area (Å²) in [4.78, 5) is 14.3. The lowest BCUT2D eigenvalue weighted by molar-refractivity contribution is -0.112. The molecule has 0 saturated heterocycles. The maximum Gasteiger partial charge on any atom is 0.267 e. The summed E-state index contributed by atoms with van der Waals surface area (Å²) < 4.78 is 0. The average molecular weight is 358 g/mol. The van der Waals surface area contributed by atoms with Crippen LogP contribution in [0.4, 0.5) is 11.4 Å². The first-order chi connectivity index (χ1) is 11.6. The topological polar surface area (TPSA) is 56.1 Å². The van der Waals surface area contributed by atoms with Gasteiger partial charge < -0.3 is 10.2 Å². The molecule has 0 unspecified atom stereocenters. The smallest absolute Gasteiger partial charge is 0.267 e. The highest BCUT2D eigenvalue weighted by molar-refractivity contribution is 6.42. The molecule has 0 radical (unpaired) electrons. The van der Waals surface area contributed by atoms with Crippen LogP contribution in [0.1, 0.15) is 5.56 Å². The van der Waals surface area contributed by atoms with Crippen molar-refractivity contribution in [2.24, 2.45) is 0 Å². The van der Waals surface area contributed by atoms with Gasteiger partial charge in [-0.3, -0.25) is 4.79 Å². The molecule has 0 spiro atoms. The van der Waals surface area contributed by atoms with Crippen molar-refractivity contribution in [3.05, 3.63) is 69.8 Å². The highest BCUT2D eigenvalue weighted by atomic mass is 35.5. The zero-order valence-electron chi connectivity index (χ0n) is 12.6. The molecular weight excluding hydrogens is 345 g/mol. The van der Waals surface area contributed by atoms with Gasteiger partial charge in [0.2, 0.25) is 0 Å².